The van der Waals surface area contributed by atoms with Gasteiger partial charge in [-0.3, -0.25) is 0 Å². The fraction of sp³-hybridized carbons (Fsp3) is 0.625. The number of unbranched alkanes of at least 4 members (excludes halogenated alkanes) is 4. The van der Waals surface area contributed by atoms with E-state index in [9.17, 15) is 5.11 Å². The van der Waals surface area contributed by atoms with E-state index in [1.165, 1.54) is 32.1 Å². The average Bonchev–Trinajstić information content (AvgIpc) is 2.39. The SMILES string of the molecule is CCCCCCCC1CC(O)c2cc(Br)ccc2O1. The zero-order chi connectivity index (χ0) is 13.7. The van der Waals surface area contributed by atoms with Gasteiger partial charge in [0.1, 0.15) is 11.9 Å². The van der Waals surface area contributed by atoms with Crippen LogP contribution in [0.4, 0.5) is 0 Å². The summed E-state index contributed by atoms with van der Waals surface area (Å²) in [5, 5.41) is 10.2. The summed E-state index contributed by atoms with van der Waals surface area (Å²) in [6.45, 7) is 2.23. The number of rotatable bonds is 6. The fourth-order valence-electron chi connectivity index (χ4n) is 2.64. The molecule has 2 rings (SSSR count). The Kier molecular flexibility index (Phi) is 5.71. The maximum Gasteiger partial charge on any atom is 0.125 e. The van der Waals surface area contributed by atoms with Crippen molar-refractivity contribution in [1.29, 1.82) is 0 Å². The third-order valence-corrected chi connectivity index (χ3v) is 4.23. The van der Waals surface area contributed by atoms with Gasteiger partial charge >= 0.3 is 0 Å². The van der Waals surface area contributed by atoms with Gasteiger partial charge in [-0.05, 0) is 31.0 Å². The molecule has 1 aliphatic heterocycles. The Labute approximate surface area is 124 Å². The van der Waals surface area contributed by atoms with Crippen molar-refractivity contribution in [2.75, 3.05) is 0 Å². The predicted octanol–water partition coefficient (Wildman–Crippen LogP) is 4.99. The third-order valence-electron chi connectivity index (χ3n) is 3.74. The van der Waals surface area contributed by atoms with E-state index in [1.54, 1.807) is 0 Å². The Bertz CT molecular complexity index is 406. The molecule has 1 aromatic rings. The second-order valence-electron chi connectivity index (χ2n) is 5.38. The molecular weight excluding hydrogens is 304 g/mol. The molecule has 19 heavy (non-hydrogen) atoms. The first-order valence-electron chi connectivity index (χ1n) is 7.35. The molecular formula is C16H23BrO2. The summed E-state index contributed by atoms with van der Waals surface area (Å²) < 4.78 is 6.98. The van der Waals surface area contributed by atoms with Gasteiger partial charge in [-0.15, -0.1) is 0 Å². The van der Waals surface area contributed by atoms with Crippen LogP contribution in [-0.2, 0) is 0 Å². The minimum absolute atomic E-state index is 0.172. The first kappa shape index (κ1) is 14.9. The van der Waals surface area contributed by atoms with E-state index in [0.29, 0.717) is 0 Å². The average molecular weight is 327 g/mol. The molecule has 0 radical (unpaired) electrons. The lowest BCUT2D eigenvalue weighted by atomic mass is 9.96. The molecule has 1 N–H and O–H groups in total. The lowest BCUT2D eigenvalue weighted by Gasteiger charge is -2.29. The predicted molar refractivity (Wildman–Crippen MR) is 81.5 cm³/mol. The monoisotopic (exact) mass is 326 g/mol. The van der Waals surface area contributed by atoms with Gasteiger partial charge in [-0.25, -0.2) is 0 Å². The van der Waals surface area contributed by atoms with Crippen molar-refractivity contribution >= 4 is 15.9 Å². The van der Waals surface area contributed by atoms with Crippen LogP contribution in [-0.4, -0.2) is 11.2 Å². The van der Waals surface area contributed by atoms with Crippen LogP contribution in [0.5, 0.6) is 5.75 Å². The molecule has 0 spiro atoms. The van der Waals surface area contributed by atoms with Gasteiger partial charge in [-0.1, -0.05) is 48.5 Å². The number of hydrogen-bond donors (Lipinski definition) is 1. The highest BCUT2D eigenvalue weighted by Crippen LogP contribution is 2.37. The molecule has 0 bridgehead atoms. The normalized spacial score (nSPS) is 21.8. The molecule has 2 atom stereocenters. The standard InChI is InChI=1S/C16H23BrO2/c1-2-3-4-5-6-7-13-11-15(18)14-10-12(17)8-9-16(14)19-13/h8-10,13,15,18H,2-7,11H2,1H3. The van der Waals surface area contributed by atoms with E-state index < -0.39 is 0 Å². The topological polar surface area (TPSA) is 29.5 Å². The lowest BCUT2D eigenvalue weighted by molar-refractivity contribution is 0.0604. The van der Waals surface area contributed by atoms with Crippen molar-refractivity contribution in [3.63, 3.8) is 0 Å². The summed E-state index contributed by atoms with van der Waals surface area (Å²) in [6, 6.07) is 5.87. The highest BCUT2D eigenvalue weighted by atomic mass is 79.9. The summed E-state index contributed by atoms with van der Waals surface area (Å²) in [6.07, 6.45) is 7.95. The second-order valence-corrected chi connectivity index (χ2v) is 6.29. The molecule has 106 valence electrons. The molecule has 1 aliphatic rings. The fourth-order valence-corrected chi connectivity index (χ4v) is 3.02. The van der Waals surface area contributed by atoms with E-state index in [0.717, 1.165) is 28.6 Å². The van der Waals surface area contributed by atoms with Crippen molar-refractivity contribution < 1.29 is 9.84 Å². The number of hydrogen-bond acceptors (Lipinski definition) is 2. The van der Waals surface area contributed by atoms with Gasteiger partial charge in [0.25, 0.3) is 0 Å². The van der Waals surface area contributed by atoms with Crippen LogP contribution in [0.2, 0.25) is 0 Å². The van der Waals surface area contributed by atoms with Gasteiger partial charge in [0.2, 0.25) is 0 Å². The van der Waals surface area contributed by atoms with Gasteiger partial charge in [-0.2, -0.15) is 0 Å². The maximum atomic E-state index is 10.2. The highest BCUT2D eigenvalue weighted by Gasteiger charge is 2.26. The van der Waals surface area contributed by atoms with E-state index in [4.69, 9.17) is 4.74 Å². The number of benzene rings is 1. The zero-order valence-corrected chi connectivity index (χ0v) is 13.2. The number of fused-ring (bicyclic) bond motifs is 1. The van der Waals surface area contributed by atoms with Gasteiger partial charge < -0.3 is 9.84 Å². The Balaban J connectivity index is 1.85. The van der Waals surface area contributed by atoms with E-state index >= 15 is 0 Å². The highest BCUT2D eigenvalue weighted by molar-refractivity contribution is 9.10. The minimum atomic E-state index is -0.387. The molecule has 0 saturated heterocycles. The van der Waals surface area contributed by atoms with Crippen LogP contribution in [0.15, 0.2) is 22.7 Å². The summed E-state index contributed by atoms with van der Waals surface area (Å²) in [7, 11) is 0. The van der Waals surface area contributed by atoms with Crippen molar-refractivity contribution in [1.82, 2.24) is 0 Å². The third kappa shape index (κ3) is 4.22. The Hall–Kier alpha value is -0.540. The van der Waals surface area contributed by atoms with Crippen LogP contribution >= 0.6 is 15.9 Å². The molecule has 0 amide bonds. The first-order chi connectivity index (χ1) is 9.20. The molecule has 0 fully saturated rings. The van der Waals surface area contributed by atoms with Crippen molar-refractivity contribution in [3.8, 4) is 5.75 Å². The number of ether oxygens (including phenoxy) is 1. The smallest absolute Gasteiger partial charge is 0.125 e. The Morgan fingerprint density at radius 2 is 2.05 bits per heavy atom. The van der Waals surface area contributed by atoms with Crippen LogP contribution in [0, 0.1) is 0 Å². The molecule has 3 heteroatoms. The molecule has 0 saturated carbocycles. The lowest BCUT2D eigenvalue weighted by Crippen LogP contribution is -2.25. The molecule has 1 aromatic carbocycles. The summed E-state index contributed by atoms with van der Waals surface area (Å²) in [4.78, 5) is 0. The first-order valence-corrected chi connectivity index (χ1v) is 8.14. The van der Waals surface area contributed by atoms with E-state index in [-0.39, 0.29) is 12.2 Å². The van der Waals surface area contributed by atoms with Gasteiger partial charge in [0.05, 0.1) is 6.10 Å². The van der Waals surface area contributed by atoms with E-state index in [1.807, 2.05) is 18.2 Å². The molecule has 2 unspecified atom stereocenters. The maximum absolute atomic E-state index is 10.2. The summed E-state index contributed by atoms with van der Waals surface area (Å²) in [5.74, 6) is 0.848. The summed E-state index contributed by atoms with van der Waals surface area (Å²) in [5.41, 5.74) is 0.914. The second kappa shape index (κ2) is 7.30. The van der Waals surface area contributed by atoms with Gasteiger partial charge in [0, 0.05) is 16.5 Å². The molecule has 2 nitrogen and oxygen atoms in total. The van der Waals surface area contributed by atoms with Crippen molar-refractivity contribution in [3.05, 3.63) is 28.2 Å². The number of halogens is 1. The van der Waals surface area contributed by atoms with Crippen molar-refractivity contribution in [2.24, 2.45) is 0 Å². The van der Waals surface area contributed by atoms with Crippen molar-refractivity contribution in [2.45, 2.75) is 64.1 Å². The van der Waals surface area contributed by atoms with Crippen LogP contribution in [0.25, 0.3) is 0 Å². The van der Waals surface area contributed by atoms with Crippen LogP contribution < -0.4 is 4.74 Å². The van der Waals surface area contributed by atoms with Crippen LogP contribution in [0.3, 0.4) is 0 Å². The van der Waals surface area contributed by atoms with Gasteiger partial charge in [0.15, 0.2) is 0 Å². The quantitative estimate of drug-likeness (QED) is 0.746. The number of aliphatic hydroxyl groups excluding tert-OH is 1. The van der Waals surface area contributed by atoms with Crippen LogP contribution in [0.1, 0.15) is 63.5 Å². The Morgan fingerprint density at radius 1 is 1.26 bits per heavy atom. The largest absolute Gasteiger partial charge is 0.490 e. The number of aliphatic hydroxyl groups is 1. The Morgan fingerprint density at radius 3 is 2.84 bits per heavy atom. The minimum Gasteiger partial charge on any atom is -0.490 e. The molecule has 0 aliphatic carbocycles. The van der Waals surface area contributed by atoms with E-state index in [2.05, 4.69) is 22.9 Å². The zero-order valence-electron chi connectivity index (χ0n) is 11.6. The molecule has 1 heterocycles. The summed E-state index contributed by atoms with van der Waals surface area (Å²) >= 11 is 3.43. The molecule has 0 aromatic heterocycles.